The molecule has 1 fully saturated rings. The summed E-state index contributed by atoms with van der Waals surface area (Å²) in [6.07, 6.45) is 8.58. The van der Waals surface area contributed by atoms with Gasteiger partial charge in [0.15, 0.2) is 7.28 Å². The fourth-order valence-corrected chi connectivity index (χ4v) is 2.69. The van der Waals surface area contributed by atoms with Gasteiger partial charge in [-0.2, -0.15) is 0 Å². The Hall–Kier alpha value is -0.195. The van der Waals surface area contributed by atoms with Crippen molar-refractivity contribution in [2.45, 2.75) is 65.1 Å². The maximum Gasteiger partial charge on any atom is 0.154 e. The van der Waals surface area contributed by atoms with Crippen LogP contribution in [0.15, 0.2) is 12.1 Å². The first-order chi connectivity index (χ1) is 7.15. The summed E-state index contributed by atoms with van der Waals surface area (Å²) in [5.74, 6) is 2.90. The highest BCUT2D eigenvalue weighted by molar-refractivity contribution is 6.46. The van der Waals surface area contributed by atoms with Crippen LogP contribution in [-0.4, -0.2) is 7.28 Å². The molecule has 2 unspecified atom stereocenters. The first-order valence-electron chi connectivity index (χ1n) is 6.79. The van der Waals surface area contributed by atoms with E-state index in [4.69, 9.17) is 0 Å². The van der Waals surface area contributed by atoms with Crippen molar-refractivity contribution in [1.29, 1.82) is 0 Å². The molecule has 0 N–H and O–H groups in total. The first-order valence-corrected chi connectivity index (χ1v) is 6.79. The van der Waals surface area contributed by atoms with Gasteiger partial charge in [0.05, 0.1) is 0 Å². The lowest BCUT2D eigenvalue weighted by molar-refractivity contribution is 0.438. The van der Waals surface area contributed by atoms with Gasteiger partial charge in [-0.15, -0.1) is 12.1 Å². The summed E-state index contributed by atoms with van der Waals surface area (Å²) in [6.45, 7) is 11.0. The zero-order valence-electron chi connectivity index (χ0n) is 10.9. The van der Waals surface area contributed by atoms with Crippen molar-refractivity contribution in [3.63, 3.8) is 0 Å². The van der Waals surface area contributed by atoms with Crippen molar-refractivity contribution in [3.8, 4) is 0 Å². The maximum atomic E-state index is 4.08. The van der Waals surface area contributed by atoms with Crippen LogP contribution in [-0.2, 0) is 0 Å². The van der Waals surface area contributed by atoms with Crippen LogP contribution < -0.4 is 0 Å². The first kappa shape index (κ1) is 12.9. The van der Waals surface area contributed by atoms with Gasteiger partial charge in [-0.05, 0) is 11.8 Å². The minimum atomic E-state index is 0.917. The van der Waals surface area contributed by atoms with E-state index in [1.54, 1.807) is 0 Å². The molecule has 2 atom stereocenters. The summed E-state index contributed by atoms with van der Waals surface area (Å²) >= 11 is 0. The van der Waals surface area contributed by atoms with E-state index in [-0.39, 0.29) is 0 Å². The van der Waals surface area contributed by atoms with E-state index < -0.39 is 0 Å². The summed E-state index contributed by atoms with van der Waals surface area (Å²) in [5, 5.41) is 0. The lowest BCUT2D eigenvalue weighted by Crippen LogP contribution is -2.16. The monoisotopic (exact) mass is 206 g/mol. The molecule has 0 aromatic heterocycles. The third-order valence-corrected chi connectivity index (χ3v) is 3.81. The third-order valence-electron chi connectivity index (χ3n) is 3.81. The molecule has 0 saturated heterocycles. The third kappa shape index (κ3) is 4.90. The van der Waals surface area contributed by atoms with E-state index in [2.05, 4.69) is 27.4 Å². The van der Waals surface area contributed by atoms with Gasteiger partial charge in [-0.3, -0.25) is 0 Å². The molecule has 1 heteroatoms. The SMILES string of the molecule is C=C(C)BC(C(C)CCCCC)C1CC1. The van der Waals surface area contributed by atoms with Gasteiger partial charge in [-0.25, -0.2) is 0 Å². The molecule has 0 aliphatic heterocycles. The van der Waals surface area contributed by atoms with E-state index in [9.17, 15) is 0 Å². The van der Waals surface area contributed by atoms with Crippen LogP contribution >= 0.6 is 0 Å². The smallest absolute Gasteiger partial charge is 0.115 e. The van der Waals surface area contributed by atoms with Gasteiger partial charge in [0.25, 0.3) is 0 Å². The second kappa shape index (κ2) is 6.40. The van der Waals surface area contributed by atoms with Gasteiger partial charge in [0.1, 0.15) is 0 Å². The Morgan fingerprint density at radius 1 is 1.40 bits per heavy atom. The Morgan fingerprint density at radius 2 is 2.07 bits per heavy atom. The predicted octanol–water partition coefficient (Wildman–Crippen LogP) is 4.37. The number of allylic oxidation sites excluding steroid dienone is 1. The topological polar surface area (TPSA) is 0 Å². The van der Waals surface area contributed by atoms with E-state index >= 15 is 0 Å². The molecule has 0 heterocycles. The largest absolute Gasteiger partial charge is 0.154 e. The molecule has 0 radical (unpaired) electrons. The summed E-state index contributed by atoms with van der Waals surface area (Å²) in [4.78, 5) is 0. The molecule has 1 saturated carbocycles. The molecule has 15 heavy (non-hydrogen) atoms. The highest BCUT2D eigenvalue weighted by Gasteiger charge is 2.34. The molecule has 0 aromatic carbocycles. The fourth-order valence-electron chi connectivity index (χ4n) is 2.69. The summed E-state index contributed by atoms with van der Waals surface area (Å²) in [7, 11) is 1.28. The minimum absolute atomic E-state index is 0.917. The molecule has 0 bridgehead atoms. The van der Waals surface area contributed by atoms with Crippen LogP contribution in [0.3, 0.4) is 0 Å². The van der Waals surface area contributed by atoms with Crippen molar-refractivity contribution in [2.75, 3.05) is 0 Å². The summed E-state index contributed by atoms with van der Waals surface area (Å²) < 4.78 is 0. The molecule has 1 aliphatic carbocycles. The Labute approximate surface area is 96.8 Å². The standard InChI is InChI=1S/C14H27B/c1-5-6-7-8-12(4)14(13-9-10-13)15-11(2)3/h12-15H,2,5-10H2,1,3-4H3. The van der Waals surface area contributed by atoms with Crippen LogP contribution in [0.2, 0.25) is 5.82 Å². The van der Waals surface area contributed by atoms with E-state index in [1.165, 1.54) is 51.3 Å². The maximum absolute atomic E-state index is 4.08. The minimum Gasteiger partial charge on any atom is -0.115 e. The zero-order chi connectivity index (χ0) is 11.3. The zero-order valence-corrected chi connectivity index (χ0v) is 10.9. The lowest BCUT2D eigenvalue weighted by Gasteiger charge is -2.23. The number of hydrogen-bond acceptors (Lipinski definition) is 0. The number of unbranched alkanes of at least 4 members (excludes halogenated alkanes) is 2. The van der Waals surface area contributed by atoms with Gasteiger partial charge in [0.2, 0.25) is 0 Å². The Kier molecular flexibility index (Phi) is 5.49. The van der Waals surface area contributed by atoms with Crippen molar-refractivity contribution in [3.05, 3.63) is 12.1 Å². The average Bonchev–Trinajstić information content (AvgIpc) is 2.97. The van der Waals surface area contributed by atoms with Gasteiger partial charge < -0.3 is 0 Å². The molecular formula is C14H27B. The molecule has 0 nitrogen and oxygen atoms in total. The molecule has 1 rings (SSSR count). The van der Waals surface area contributed by atoms with Crippen molar-refractivity contribution < 1.29 is 0 Å². The predicted molar refractivity (Wildman–Crippen MR) is 71.7 cm³/mol. The second-order valence-corrected chi connectivity index (χ2v) is 5.64. The fraction of sp³-hybridized carbons (Fsp3) is 0.857. The second-order valence-electron chi connectivity index (χ2n) is 5.64. The van der Waals surface area contributed by atoms with Gasteiger partial charge in [0, 0.05) is 0 Å². The Morgan fingerprint density at radius 3 is 2.53 bits per heavy atom. The van der Waals surface area contributed by atoms with Crippen LogP contribution in [0.4, 0.5) is 0 Å². The highest BCUT2D eigenvalue weighted by Crippen LogP contribution is 2.46. The van der Waals surface area contributed by atoms with Crippen LogP contribution in [0, 0.1) is 11.8 Å². The summed E-state index contributed by atoms with van der Waals surface area (Å²) in [6, 6.07) is 0. The molecule has 0 spiro atoms. The van der Waals surface area contributed by atoms with Crippen molar-refractivity contribution >= 4 is 7.28 Å². The van der Waals surface area contributed by atoms with Crippen LogP contribution in [0.1, 0.15) is 59.3 Å². The highest BCUT2D eigenvalue weighted by atomic mass is 14.3. The van der Waals surface area contributed by atoms with Crippen molar-refractivity contribution in [2.24, 2.45) is 11.8 Å². The molecule has 0 aromatic rings. The average molecular weight is 206 g/mol. The molecule has 86 valence electrons. The summed E-state index contributed by atoms with van der Waals surface area (Å²) in [5.41, 5.74) is 1.38. The molecule has 0 amide bonds. The van der Waals surface area contributed by atoms with E-state index in [0.717, 1.165) is 17.7 Å². The lowest BCUT2D eigenvalue weighted by atomic mass is 9.53. The van der Waals surface area contributed by atoms with E-state index in [1.807, 2.05) is 0 Å². The van der Waals surface area contributed by atoms with E-state index in [0.29, 0.717) is 0 Å². The van der Waals surface area contributed by atoms with Crippen LogP contribution in [0.25, 0.3) is 0 Å². The molecular weight excluding hydrogens is 179 g/mol. The molecule has 1 aliphatic rings. The van der Waals surface area contributed by atoms with Gasteiger partial charge in [-0.1, -0.05) is 65.1 Å². The van der Waals surface area contributed by atoms with Crippen LogP contribution in [0.5, 0.6) is 0 Å². The number of rotatable bonds is 8. The van der Waals surface area contributed by atoms with Crippen molar-refractivity contribution in [1.82, 2.24) is 0 Å². The number of hydrogen-bond donors (Lipinski definition) is 0. The van der Waals surface area contributed by atoms with Gasteiger partial charge >= 0.3 is 0 Å². The normalized spacial score (nSPS) is 19.7. The quantitative estimate of drug-likeness (QED) is 0.408. The Bertz CT molecular complexity index is 194. The Balaban J connectivity index is 2.30.